The summed E-state index contributed by atoms with van der Waals surface area (Å²) in [6, 6.07) is 8.67. The lowest BCUT2D eigenvalue weighted by Gasteiger charge is -2.36. The van der Waals surface area contributed by atoms with Crippen LogP contribution in [0.4, 0.5) is 5.69 Å². The Morgan fingerprint density at radius 3 is 2.60 bits per heavy atom. The second-order valence-corrected chi connectivity index (χ2v) is 8.24. The van der Waals surface area contributed by atoms with Gasteiger partial charge in [-0.25, -0.2) is 4.98 Å². The molecular weight excluding hydrogens is 328 g/mol. The number of aryl methyl sites for hydroxylation is 1. The molecule has 0 N–H and O–H groups in total. The van der Waals surface area contributed by atoms with Crippen LogP contribution in [0, 0.1) is 24.2 Å². The van der Waals surface area contributed by atoms with Crippen LogP contribution >= 0.6 is 11.3 Å². The maximum absolute atomic E-state index is 9.48. The fraction of sp³-hybridized carbons (Fsp3) is 0.500. The summed E-state index contributed by atoms with van der Waals surface area (Å²) in [5, 5.41) is 9.48. The molecule has 0 saturated carbocycles. The van der Waals surface area contributed by atoms with E-state index in [1.807, 2.05) is 11.6 Å². The van der Waals surface area contributed by atoms with Gasteiger partial charge >= 0.3 is 0 Å². The molecule has 2 heterocycles. The van der Waals surface area contributed by atoms with Crippen molar-refractivity contribution in [2.75, 3.05) is 31.1 Å². The highest BCUT2D eigenvalue weighted by Crippen LogP contribution is 2.25. The van der Waals surface area contributed by atoms with Gasteiger partial charge in [-0.05, 0) is 37.0 Å². The Morgan fingerprint density at radius 1 is 1.24 bits per heavy atom. The van der Waals surface area contributed by atoms with E-state index < -0.39 is 0 Å². The molecule has 3 rings (SSSR count). The van der Waals surface area contributed by atoms with E-state index in [-0.39, 0.29) is 0 Å². The number of nitriles is 1. The van der Waals surface area contributed by atoms with Crippen molar-refractivity contribution in [1.29, 1.82) is 5.26 Å². The first-order valence-electron chi connectivity index (χ1n) is 8.96. The smallest absolute Gasteiger partial charge is 0.101 e. The summed E-state index contributed by atoms with van der Waals surface area (Å²) in [6.07, 6.45) is 1.06. The zero-order valence-corrected chi connectivity index (χ0v) is 16.1. The molecule has 0 atom stereocenters. The van der Waals surface area contributed by atoms with E-state index >= 15 is 0 Å². The molecule has 1 aliphatic rings. The van der Waals surface area contributed by atoms with Gasteiger partial charge in [-0.1, -0.05) is 19.9 Å². The number of benzene rings is 1. The second-order valence-electron chi connectivity index (χ2n) is 7.18. The van der Waals surface area contributed by atoms with E-state index in [1.165, 1.54) is 16.1 Å². The van der Waals surface area contributed by atoms with Gasteiger partial charge in [0.05, 0.1) is 22.5 Å². The van der Waals surface area contributed by atoms with Gasteiger partial charge in [0.15, 0.2) is 0 Å². The minimum Gasteiger partial charge on any atom is -0.368 e. The van der Waals surface area contributed by atoms with Gasteiger partial charge < -0.3 is 4.90 Å². The largest absolute Gasteiger partial charge is 0.368 e. The third-order valence-corrected chi connectivity index (χ3v) is 5.56. The summed E-state index contributed by atoms with van der Waals surface area (Å²) >= 11 is 1.72. The predicted octanol–water partition coefficient (Wildman–Crippen LogP) is 3.84. The van der Waals surface area contributed by atoms with Gasteiger partial charge in [-0.2, -0.15) is 5.26 Å². The average Bonchev–Trinajstić information content (AvgIpc) is 3.00. The molecule has 25 heavy (non-hydrogen) atoms. The number of nitrogens with zero attached hydrogens (tertiary/aromatic N) is 4. The molecule has 1 aliphatic heterocycles. The molecule has 4 nitrogen and oxygen atoms in total. The number of hydrogen-bond acceptors (Lipinski definition) is 5. The normalized spacial score (nSPS) is 15.6. The number of aromatic nitrogens is 1. The summed E-state index contributed by atoms with van der Waals surface area (Å²) in [7, 11) is 0. The predicted molar refractivity (Wildman–Crippen MR) is 104 cm³/mol. The maximum Gasteiger partial charge on any atom is 0.101 e. The lowest BCUT2D eigenvalue weighted by molar-refractivity contribution is 0.247. The van der Waals surface area contributed by atoms with Gasteiger partial charge in [-0.15, -0.1) is 11.3 Å². The molecule has 0 radical (unpaired) electrons. The van der Waals surface area contributed by atoms with Crippen molar-refractivity contribution in [2.24, 2.45) is 5.92 Å². The van der Waals surface area contributed by atoms with E-state index in [0.29, 0.717) is 5.92 Å². The highest BCUT2D eigenvalue weighted by Gasteiger charge is 2.20. The molecule has 5 heteroatoms. The van der Waals surface area contributed by atoms with Crippen molar-refractivity contribution in [3.8, 4) is 6.07 Å². The monoisotopic (exact) mass is 354 g/mol. The standard InChI is InChI=1S/C20H26N4S/c1-15(2)10-17-4-5-18(12-21)20(11-17)24-8-6-23(7-9-24)13-19-16(3)25-14-22-19/h4-5,11,14-15H,6-10,13H2,1-3H3. The second kappa shape index (κ2) is 7.99. The Hall–Kier alpha value is -1.90. The number of anilines is 1. The van der Waals surface area contributed by atoms with Crippen LogP contribution in [0.25, 0.3) is 0 Å². The fourth-order valence-electron chi connectivity index (χ4n) is 3.37. The first-order chi connectivity index (χ1) is 12.1. The minimum atomic E-state index is 0.624. The van der Waals surface area contributed by atoms with Crippen molar-refractivity contribution >= 4 is 17.0 Å². The van der Waals surface area contributed by atoms with Crippen molar-refractivity contribution in [3.63, 3.8) is 0 Å². The van der Waals surface area contributed by atoms with Crippen LogP contribution in [-0.4, -0.2) is 36.1 Å². The van der Waals surface area contributed by atoms with E-state index in [2.05, 4.69) is 53.8 Å². The van der Waals surface area contributed by atoms with Gasteiger partial charge in [0, 0.05) is 37.6 Å². The van der Waals surface area contributed by atoms with E-state index in [1.54, 1.807) is 11.3 Å². The molecule has 0 spiro atoms. The summed E-state index contributed by atoms with van der Waals surface area (Å²) in [6.45, 7) is 11.5. The lowest BCUT2D eigenvalue weighted by Crippen LogP contribution is -2.46. The van der Waals surface area contributed by atoms with Gasteiger partial charge in [0.1, 0.15) is 6.07 Å². The molecule has 1 saturated heterocycles. The molecule has 0 unspecified atom stereocenters. The minimum absolute atomic E-state index is 0.624. The Kier molecular flexibility index (Phi) is 5.72. The van der Waals surface area contributed by atoms with E-state index in [9.17, 15) is 5.26 Å². The van der Waals surface area contributed by atoms with Crippen molar-refractivity contribution in [2.45, 2.75) is 33.7 Å². The van der Waals surface area contributed by atoms with Crippen molar-refractivity contribution < 1.29 is 0 Å². The number of rotatable bonds is 5. The first kappa shape index (κ1) is 17.9. The van der Waals surface area contributed by atoms with Crippen molar-refractivity contribution in [3.05, 3.63) is 45.4 Å². The van der Waals surface area contributed by atoms with Crippen LogP contribution in [-0.2, 0) is 13.0 Å². The fourth-order valence-corrected chi connectivity index (χ4v) is 3.96. The number of hydrogen-bond donors (Lipinski definition) is 0. The molecule has 0 bridgehead atoms. The summed E-state index contributed by atoms with van der Waals surface area (Å²) in [4.78, 5) is 10.6. The van der Waals surface area contributed by atoms with Crippen LogP contribution in [0.3, 0.4) is 0 Å². The third-order valence-electron chi connectivity index (χ3n) is 4.76. The highest BCUT2D eigenvalue weighted by atomic mass is 32.1. The Labute approximate surface area is 154 Å². The molecule has 1 aromatic carbocycles. The third kappa shape index (κ3) is 4.39. The SMILES string of the molecule is Cc1scnc1CN1CCN(c2cc(CC(C)C)ccc2C#N)CC1. The lowest BCUT2D eigenvalue weighted by atomic mass is 10.00. The Bertz CT molecular complexity index is 751. The number of thiazole rings is 1. The molecule has 2 aromatic rings. The van der Waals surface area contributed by atoms with Crippen LogP contribution < -0.4 is 4.90 Å². The van der Waals surface area contributed by atoms with E-state index in [4.69, 9.17) is 0 Å². The quantitative estimate of drug-likeness (QED) is 0.818. The summed E-state index contributed by atoms with van der Waals surface area (Å²) in [5.74, 6) is 0.624. The zero-order chi connectivity index (χ0) is 17.8. The maximum atomic E-state index is 9.48. The Balaban J connectivity index is 1.67. The van der Waals surface area contributed by atoms with Gasteiger partial charge in [0.2, 0.25) is 0 Å². The number of piperazine rings is 1. The summed E-state index contributed by atoms with van der Waals surface area (Å²) < 4.78 is 0. The molecule has 132 valence electrons. The van der Waals surface area contributed by atoms with Crippen LogP contribution in [0.1, 0.15) is 35.5 Å². The molecular formula is C20H26N4S. The molecule has 0 amide bonds. The van der Waals surface area contributed by atoms with Gasteiger partial charge in [-0.3, -0.25) is 4.90 Å². The van der Waals surface area contributed by atoms with Crippen LogP contribution in [0.2, 0.25) is 0 Å². The van der Waals surface area contributed by atoms with Gasteiger partial charge in [0.25, 0.3) is 0 Å². The highest BCUT2D eigenvalue weighted by molar-refractivity contribution is 7.09. The zero-order valence-electron chi connectivity index (χ0n) is 15.3. The van der Waals surface area contributed by atoms with Crippen LogP contribution in [0.5, 0.6) is 0 Å². The van der Waals surface area contributed by atoms with E-state index in [0.717, 1.165) is 50.4 Å². The van der Waals surface area contributed by atoms with Crippen molar-refractivity contribution in [1.82, 2.24) is 9.88 Å². The molecule has 1 fully saturated rings. The topological polar surface area (TPSA) is 43.2 Å². The average molecular weight is 355 g/mol. The Morgan fingerprint density at radius 2 is 2.00 bits per heavy atom. The first-order valence-corrected chi connectivity index (χ1v) is 9.84. The summed E-state index contributed by atoms with van der Waals surface area (Å²) in [5.41, 5.74) is 6.35. The van der Waals surface area contributed by atoms with Crippen LogP contribution in [0.15, 0.2) is 23.7 Å². The molecule has 1 aromatic heterocycles. The molecule has 0 aliphatic carbocycles.